The van der Waals surface area contributed by atoms with E-state index in [0.717, 1.165) is 31.2 Å². The second-order valence-electron chi connectivity index (χ2n) is 6.26. The summed E-state index contributed by atoms with van der Waals surface area (Å²) < 4.78 is 47.2. The molecule has 0 fully saturated rings. The lowest BCUT2D eigenvalue weighted by molar-refractivity contribution is 0.301. The van der Waals surface area contributed by atoms with Gasteiger partial charge in [-0.3, -0.25) is 0 Å². The number of pyridine rings is 1. The summed E-state index contributed by atoms with van der Waals surface area (Å²) in [7, 11) is -4.09. The number of benzene rings is 1. The minimum absolute atomic E-state index is 0.0134. The molecule has 2 aromatic rings. The number of hydrogen-bond donors (Lipinski definition) is 1. The number of unbranched alkanes of at least 4 members (excludes halogenated alkanes) is 3. The van der Waals surface area contributed by atoms with Crippen molar-refractivity contribution in [2.24, 2.45) is 0 Å². The van der Waals surface area contributed by atoms with Crippen LogP contribution in [0.2, 0.25) is 0 Å². The number of ether oxygens (including phenoxy) is 1. The van der Waals surface area contributed by atoms with Crippen LogP contribution in [0.4, 0.5) is 4.39 Å². The molecule has 1 aromatic heterocycles. The fourth-order valence-corrected chi connectivity index (χ4v) is 3.95. The monoisotopic (exact) mass is 458 g/mol. The first kappa shape index (κ1) is 21.8. The molecule has 0 bridgehead atoms. The van der Waals surface area contributed by atoms with Crippen LogP contribution in [0.5, 0.6) is 5.75 Å². The largest absolute Gasteiger partial charge is 0.493 e. The van der Waals surface area contributed by atoms with Crippen molar-refractivity contribution < 1.29 is 17.5 Å². The topological polar surface area (TPSA) is 68.3 Å². The van der Waals surface area contributed by atoms with E-state index < -0.39 is 20.9 Å². The van der Waals surface area contributed by atoms with Gasteiger partial charge in [-0.15, -0.1) is 0 Å². The quantitative estimate of drug-likeness (QED) is 0.522. The Balaban J connectivity index is 2.09. The van der Waals surface area contributed by atoms with Crippen LogP contribution in [0.3, 0.4) is 0 Å². The van der Waals surface area contributed by atoms with Crippen LogP contribution in [-0.2, 0) is 16.6 Å². The van der Waals surface area contributed by atoms with Gasteiger partial charge in [0, 0.05) is 18.3 Å². The molecule has 5 nitrogen and oxygen atoms in total. The summed E-state index contributed by atoms with van der Waals surface area (Å²) in [6.45, 7) is 4.65. The van der Waals surface area contributed by atoms with E-state index in [2.05, 4.69) is 32.6 Å². The average molecular weight is 459 g/mol. The Bertz CT molecular complexity index is 875. The van der Waals surface area contributed by atoms with E-state index in [1.165, 1.54) is 12.3 Å². The third-order valence-corrected chi connectivity index (χ3v) is 5.93. The van der Waals surface area contributed by atoms with Gasteiger partial charge < -0.3 is 4.74 Å². The van der Waals surface area contributed by atoms with Gasteiger partial charge in [0.2, 0.25) is 5.03 Å². The maximum Gasteiger partial charge on any atom is 0.261 e. The van der Waals surface area contributed by atoms with E-state index in [-0.39, 0.29) is 11.0 Å². The molecule has 148 valence electrons. The van der Waals surface area contributed by atoms with E-state index in [1.807, 2.05) is 25.1 Å². The van der Waals surface area contributed by atoms with Gasteiger partial charge in [0.1, 0.15) is 5.75 Å². The van der Waals surface area contributed by atoms with Crippen molar-refractivity contribution in [3.63, 3.8) is 0 Å². The van der Waals surface area contributed by atoms with Crippen LogP contribution < -0.4 is 9.46 Å². The number of aryl methyl sites for hydroxylation is 1. The van der Waals surface area contributed by atoms with Crippen LogP contribution in [0, 0.1) is 12.7 Å². The van der Waals surface area contributed by atoms with Gasteiger partial charge in [0.25, 0.3) is 10.0 Å². The third-order valence-electron chi connectivity index (χ3n) is 4.00. The van der Waals surface area contributed by atoms with Crippen molar-refractivity contribution in [2.45, 2.75) is 51.1 Å². The van der Waals surface area contributed by atoms with Gasteiger partial charge >= 0.3 is 0 Å². The molecule has 0 unspecified atom stereocenters. The van der Waals surface area contributed by atoms with E-state index >= 15 is 0 Å². The van der Waals surface area contributed by atoms with Gasteiger partial charge in [0.15, 0.2) is 5.82 Å². The number of nitrogens with one attached hydrogen (secondary N) is 1. The van der Waals surface area contributed by atoms with Gasteiger partial charge in [-0.1, -0.05) is 38.3 Å². The number of aromatic nitrogens is 1. The molecule has 1 aromatic carbocycles. The molecule has 2 rings (SSSR count). The molecule has 0 atom stereocenters. The van der Waals surface area contributed by atoms with Gasteiger partial charge in [0.05, 0.1) is 11.1 Å². The highest BCUT2D eigenvalue weighted by Gasteiger charge is 2.22. The Kier molecular flexibility index (Phi) is 8.19. The summed E-state index contributed by atoms with van der Waals surface area (Å²) in [6, 6.07) is 6.91. The Labute approximate surface area is 168 Å². The van der Waals surface area contributed by atoms with Crippen molar-refractivity contribution in [2.75, 3.05) is 6.61 Å². The van der Waals surface area contributed by atoms with Crippen LogP contribution in [0.15, 0.2) is 40.0 Å². The first-order valence-corrected chi connectivity index (χ1v) is 11.1. The van der Waals surface area contributed by atoms with Crippen LogP contribution >= 0.6 is 15.9 Å². The molecule has 0 aliphatic carbocycles. The zero-order valence-corrected chi connectivity index (χ0v) is 17.9. The summed E-state index contributed by atoms with van der Waals surface area (Å²) in [5, 5.41) is -0.633. The highest BCUT2D eigenvalue weighted by Crippen LogP contribution is 2.23. The zero-order chi connectivity index (χ0) is 19.9. The van der Waals surface area contributed by atoms with E-state index in [1.54, 1.807) is 0 Å². The Morgan fingerprint density at radius 2 is 2.00 bits per heavy atom. The second kappa shape index (κ2) is 10.1. The predicted molar refractivity (Wildman–Crippen MR) is 107 cm³/mol. The molecule has 1 heterocycles. The molecule has 0 saturated carbocycles. The molecule has 0 radical (unpaired) electrons. The molecule has 0 spiro atoms. The number of hydrogen-bond acceptors (Lipinski definition) is 4. The fourth-order valence-electron chi connectivity index (χ4n) is 2.48. The molecule has 0 amide bonds. The van der Waals surface area contributed by atoms with Crippen LogP contribution in [0.25, 0.3) is 0 Å². The van der Waals surface area contributed by atoms with Crippen molar-refractivity contribution >= 4 is 26.0 Å². The summed E-state index contributed by atoms with van der Waals surface area (Å²) in [5.41, 5.74) is 1.71. The SMILES string of the molecule is CCCCCCOc1cc(C)ccc1CNS(=O)(=O)c1nccc(Br)c1F. The maximum absolute atomic E-state index is 14.1. The molecule has 8 heteroatoms. The van der Waals surface area contributed by atoms with Gasteiger partial charge in [-0.2, -0.15) is 0 Å². The lowest BCUT2D eigenvalue weighted by Crippen LogP contribution is -2.25. The molecular formula is C19H24BrFN2O3S. The third kappa shape index (κ3) is 6.26. The molecule has 0 aliphatic heterocycles. The molecular weight excluding hydrogens is 435 g/mol. The smallest absolute Gasteiger partial charge is 0.261 e. The summed E-state index contributed by atoms with van der Waals surface area (Å²) >= 11 is 2.97. The van der Waals surface area contributed by atoms with Crippen molar-refractivity contribution in [3.8, 4) is 5.75 Å². The summed E-state index contributed by atoms with van der Waals surface area (Å²) in [4.78, 5) is 3.65. The van der Waals surface area contributed by atoms with Gasteiger partial charge in [-0.05, 0) is 47.0 Å². The fraction of sp³-hybridized carbons (Fsp3) is 0.421. The van der Waals surface area contributed by atoms with E-state index in [4.69, 9.17) is 4.74 Å². The number of sulfonamides is 1. The first-order valence-electron chi connectivity index (χ1n) is 8.87. The number of nitrogens with zero attached hydrogens (tertiary/aromatic N) is 1. The highest BCUT2D eigenvalue weighted by molar-refractivity contribution is 9.10. The summed E-state index contributed by atoms with van der Waals surface area (Å²) in [5.74, 6) is -0.279. The predicted octanol–water partition coefficient (Wildman–Crippen LogP) is 4.73. The molecule has 0 aliphatic rings. The van der Waals surface area contributed by atoms with Crippen molar-refractivity contribution in [3.05, 3.63) is 51.9 Å². The number of halogens is 2. The Morgan fingerprint density at radius 3 is 2.74 bits per heavy atom. The van der Waals surface area contributed by atoms with Gasteiger partial charge in [-0.25, -0.2) is 22.5 Å². The molecule has 1 N–H and O–H groups in total. The number of rotatable bonds is 10. The standard InChI is InChI=1S/C19H24BrFN2O3S/c1-3-4-5-6-11-26-17-12-14(2)7-8-15(17)13-23-27(24,25)19-18(21)16(20)9-10-22-19/h7-10,12,23H,3-6,11,13H2,1-2H3. The summed E-state index contributed by atoms with van der Waals surface area (Å²) in [6.07, 6.45) is 5.59. The lowest BCUT2D eigenvalue weighted by Gasteiger charge is -2.13. The Hall–Kier alpha value is -1.51. The minimum Gasteiger partial charge on any atom is -0.493 e. The molecule has 0 saturated heterocycles. The second-order valence-corrected chi connectivity index (χ2v) is 8.79. The highest BCUT2D eigenvalue weighted by atomic mass is 79.9. The maximum atomic E-state index is 14.1. The normalized spacial score (nSPS) is 11.6. The van der Waals surface area contributed by atoms with Crippen LogP contribution in [-0.4, -0.2) is 20.0 Å². The van der Waals surface area contributed by atoms with E-state index in [9.17, 15) is 12.8 Å². The Morgan fingerprint density at radius 1 is 1.22 bits per heavy atom. The van der Waals surface area contributed by atoms with Crippen molar-refractivity contribution in [1.82, 2.24) is 9.71 Å². The lowest BCUT2D eigenvalue weighted by atomic mass is 10.1. The van der Waals surface area contributed by atoms with E-state index in [0.29, 0.717) is 17.9 Å². The van der Waals surface area contributed by atoms with Crippen LogP contribution in [0.1, 0.15) is 43.7 Å². The average Bonchev–Trinajstić information content (AvgIpc) is 2.63. The first-order chi connectivity index (χ1) is 12.8. The van der Waals surface area contributed by atoms with Crippen molar-refractivity contribution in [1.29, 1.82) is 0 Å². The zero-order valence-electron chi connectivity index (χ0n) is 15.5. The minimum atomic E-state index is -4.09. The molecule has 27 heavy (non-hydrogen) atoms.